The monoisotopic (exact) mass is 338 g/mol. The van der Waals surface area contributed by atoms with Crippen molar-refractivity contribution in [2.75, 3.05) is 6.61 Å². The normalized spacial score (nSPS) is 12.6. The van der Waals surface area contributed by atoms with E-state index in [0.717, 1.165) is 27.9 Å². The summed E-state index contributed by atoms with van der Waals surface area (Å²) >= 11 is 0. The summed E-state index contributed by atoms with van der Waals surface area (Å²) in [5.41, 5.74) is 7.88. The Morgan fingerprint density at radius 3 is 2.44 bits per heavy atom. The maximum atomic E-state index is 10.4. The van der Waals surface area contributed by atoms with Gasteiger partial charge in [0.25, 0.3) is 0 Å². The van der Waals surface area contributed by atoms with Crippen molar-refractivity contribution in [2.45, 2.75) is 47.3 Å². The number of aryl methyl sites for hydroxylation is 4. The first-order chi connectivity index (χ1) is 11.9. The Morgan fingerprint density at radius 1 is 1.00 bits per heavy atom. The zero-order valence-corrected chi connectivity index (χ0v) is 15.6. The minimum atomic E-state index is -0.599. The molecule has 1 aromatic heterocycles. The highest BCUT2D eigenvalue weighted by Gasteiger charge is 2.13. The van der Waals surface area contributed by atoms with Crippen LogP contribution in [0.3, 0.4) is 0 Å². The number of aliphatic hydroxyl groups excluding tert-OH is 1. The van der Waals surface area contributed by atoms with E-state index in [4.69, 9.17) is 4.74 Å². The smallest absolute Gasteiger partial charge is 0.125 e. The van der Waals surface area contributed by atoms with Gasteiger partial charge in [0.15, 0.2) is 0 Å². The molecule has 1 N–H and O–H groups in total. The van der Waals surface area contributed by atoms with Crippen molar-refractivity contribution < 1.29 is 9.84 Å². The lowest BCUT2D eigenvalue weighted by molar-refractivity contribution is 0.0927. The van der Waals surface area contributed by atoms with Crippen LogP contribution in [0.4, 0.5) is 0 Å². The van der Waals surface area contributed by atoms with Gasteiger partial charge in [-0.15, -0.1) is 0 Å². The molecular formula is C21H26N2O2. The van der Waals surface area contributed by atoms with Crippen LogP contribution in [0.1, 0.15) is 27.8 Å². The number of ether oxygens (including phenoxy) is 1. The minimum absolute atomic E-state index is 0.260. The average Bonchev–Trinajstić information content (AvgIpc) is 2.93. The molecule has 2 aromatic carbocycles. The van der Waals surface area contributed by atoms with Crippen LogP contribution in [0.25, 0.3) is 11.0 Å². The predicted molar refractivity (Wildman–Crippen MR) is 101 cm³/mol. The molecule has 3 rings (SSSR count). The largest absolute Gasteiger partial charge is 0.490 e. The summed E-state index contributed by atoms with van der Waals surface area (Å²) in [4.78, 5) is 4.44. The first kappa shape index (κ1) is 17.5. The molecular weight excluding hydrogens is 312 g/mol. The topological polar surface area (TPSA) is 47.3 Å². The van der Waals surface area contributed by atoms with Gasteiger partial charge in [-0.2, -0.15) is 0 Å². The van der Waals surface area contributed by atoms with Gasteiger partial charge in [-0.25, -0.2) is 4.98 Å². The van der Waals surface area contributed by atoms with E-state index < -0.39 is 6.10 Å². The second-order valence-corrected chi connectivity index (χ2v) is 6.94. The number of aromatic nitrogens is 2. The quantitative estimate of drug-likeness (QED) is 0.764. The standard InChI is InChI=1S/C21H26N2O2/c1-13-6-7-14(2)21(17(13)5)25-11-18(24)10-23-12-22-19-8-15(3)16(4)9-20(19)23/h6-9,12,18,24H,10-11H2,1-5H3/t18-/m0/s1. The molecule has 0 aliphatic rings. The average molecular weight is 338 g/mol. The predicted octanol–water partition coefficient (Wildman–Crippen LogP) is 4.02. The van der Waals surface area contributed by atoms with Crippen molar-refractivity contribution in [2.24, 2.45) is 0 Å². The molecule has 3 aromatic rings. The lowest BCUT2D eigenvalue weighted by Gasteiger charge is -2.17. The van der Waals surface area contributed by atoms with E-state index in [0.29, 0.717) is 6.54 Å². The second kappa shape index (κ2) is 6.89. The SMILES string of the molecule is Cc1cc2ncn(C[C@H](O)COc3c(C)ccc(C)c3C)c2cc1C. The van der Waals surface area contributed by atoms with Crippen LogP contribution in [-0.2, 0) is 6.54 Å². The molecule has 1 heterocycles. The maximum absolute atomic E-state index is 10.4. The Kier molecular flexibility index (Phi) is 4.82. The van der Waals surface area contributed by atoms with Crippen LogP contribution in [0, 0.1) is 34.6 Å². The van der Waals surface area contributed by atoms with Gasteiger partial charge in [0, 0.05) is 0 Å². The summed E-state index contributed by atoms with van der Waals surface area (Å²) in [7, 11) is 0. The third-order valence-electron chi connectivity index (χ3n) is 4.94. The van der Waals surface area contributed by atoms with Crippen LogP contribution >= 0.6 is 0 Å². The molecule has 0 fully saturated rings. The molecule has 132 valence electrons. The lowest BCUT2D eigenvalue weighted by atomic mass is 10.1. The van der Waals surface area contributed by atoms with Gasteiger partial charge in [0.05, 0.1) is 23.9 Å². The fourth-order valence-corrected chi connectivity index (χ4v) is 3.07. The molecule has 0 aliphatic heterocycles. The van der Waals surface area contributed by atoms with Gasteiger partial charge in [0.2, 0.25) is 0 Å². The van der Waals surface area contributed by atoms with Crippen LogP contribution in [0.15, 0.2) is 30.6 Å². The molecule has 4 nitrogen and oxygen atoms in total. The number of benzene rings is 2. The molecule has 0 saturated carbocycles. The fraction of sp³-hybridized carbons (Fsp3) is 0.381. The number of imidazole rings is 1. The molecule has 0 unspecified atom stereocenters. The first-order valence-corrected chi connectivity index (χ1v) is 8.66. The summed E-state index contributed by atoms with van der Waals surface area (Å²) in [6, 6.07) is 8.36. The molecule has 0 saturated heterocycles. The molecule has 1 atom stereocenters. The summed E-state index contributed by atoms with van der Waals surface area (Å²) in [5.74, 6) is 0.876. The van der Waals surface area contributed by atoms with Gasteiger partial charge < -0.3 is 14.4 Å². The van der Waals surface area contributed by atoms with Crippen LogP contribution < -0.4 is 4.74 Å². The molecule has 4 heteroatoms. The van der Waals surface area contributed by atoms with E-state index in [2.05, 4.69) is 56.9 Å². The summed E-state index contributed by atoms with van der Waals surface area (Å²) < 4.78 is 7.92. The Labute approximate surface area is 149 Å². The van der Waals surface area contributed by atoms with Crippen LogP contribution in [0.5, 0.6) is 5.75 Å². The molecule has 0 amide bonds. The van der Waals surface area contributed by atoms with Crippen molar-refractivity contribution in [1.29, 1.82) is 0 Å². The number of fused-ring (bicyclic) bond motifs is 1. The molecule has 0 aliphatic carbocycles. The highest BCUT2D eigenvalue weighted by molar-refractivity contribution is 5.77. The molecule has 0 bridgehead atoms. The maximum Gasteiger partial charge on any atom is 0.125 e. The molecule has 0 radical (unpaired) electrons. The lowest BCUT2D eigenvalue weighted by Crippen LogP contribution is -2.23. The second-order valence-electron chi connectivity index (χ2n) is 6.94. The van der Waals surface area contributed by atoms with Gasteiger partial charge in [-0.1, -0.05) is 12.1 Å². The highest BCUT2D eigenvalue weighted by atomic mass is 16.5. The van der Waals surface area contributed by atoms with Gasteiger partial charge in [-0.3, -0.25) is 0 Å². The van der Waals surface area contributed by atoms with Crippen molar-refractivity contribution in [3.63, 3.8) is 0 Å². The number of hydrogen-bond acceptors (Lipinski definition) is 3. The fourth-order valence-electron chi connectivity index (χ4n) is 3.07. The number of rotatable bonds is 5. The van der Waals surface area contributed by atoms with E-state index in [-0.39, 0.29) is 6.61 Å². The van der Waals surface area contributed by atoms with E-state index in [1.807, 2.05) is 11.5 Å². The Hall–Kier alpha value is -2.33. The number of aliphatic hydroxyl groups is 1. The van der Waals surface area contributed by atoms with Crippen molar-refractivity contribution in [3.8, 4) is 5.75 Å². The molecule has 25 heavy (non-hydrogen) atoms. The zero-order valence-electron chi connectivity index (χ0n) is 15.6. The van der Waals surface area contributed by atoms with E-state index >= 15 is 0 Å². The van der Waals surface area contributed by atoms with Crippen molar-refractivity contribution >= 4 is 11.0 Å². The zero-order chi connectivity index (χ0) is 18.1. The number of nitrogens with zero attached hydrogens (tertiary/aromatic N) is 2. The van der Waals surface area contributed by atoms with E-state index in [1.165, 1.54) is 16.7 Å². The van der Waals surface area contributed by atoms with Gasteiger partial charge >= 0.3 is 0 Å². The Bertz CT molecular complexity index is 912. The third kappa shape index (κ3) is 3.54. The highest BCUT2D eigenvalue weighted by Crippen LogP contribution is 2.26. The van der Waals surface area contributed by atoms with Crippen LogP contribution in [-0.4, -0.2) is 27.4 Å². The van der Waals surface area contributed by atoms with Crippen LogP contribution in [0.2, 0.25) is 0 Å². The summed E-state index contributed by atoms with van der Waals surface area (Å²) in [6.45, 7) is 11.1. The van der Waals surface area contributed by atoms with E-state index in [1.54, 1.807) is 6.33 Å². The number of hydrogen-bond donors (Lipinski definition) is 1. The minimum Gasteiger partial charge on any atom is -0.490 e. The third-order valence-corrected chi connectivity index (χ3v) is 4.94. The van der Waals surface area contributed by atoms with Gasteiger partial charge in [0.1, 0.15) is 18.5 Å². The first-order valence-electron chi connectivity index (χ1n) is 8.66. The van der Waals surface area contributed by atoms with E-state index in [9.17, 15) is 5.11 Å². The van der Waals surface area contributed by atoms with Crippen molar-refractivity contribution in [3.05, 3.63) is 58.4 Å². The van der Waals surface area contributed by atoms with Crippen molar-refractivity contribution in [1.82, 2.24) is 9.55 Å². The summed E-state index contributed by atoms with van der Waals surface area (Å²) in [6.07, 6.45) is 1.19. The summed E-state index contributed by atoms with van der Waals surface area (Å²) in [5, 5.41) is 10.4. The van der Waals surface area contributed by atoms with Gasteiger partial charge in [-0.05, 0) is 74.6 Å². The Balaban J connectivity index is 1.72. The molecule has 0 spiro atoms. The Morgan fingerprint density at radius 2 is 1.68 bits per heavy atom.